The maximum Gasteiger partial charge on any atom is 0.315 e. The van der Waals surface area contributed by atoms with Gasteiger partial charge in [-0.05, 0) is 17.7 Å². The molecule has 0 N–H and O–H groups in total. The fourth-order valence-corrected chi connectivity index (χ4v) is 5.47. The van der Waals surface area contributed by atoms with Crippen LogP contribution in [0.3, 0.4) is 0 Å². The van der Waals surface area contributed by atoms with Crippen LogP contribution in [0.15, 0.2) is 24.3 Å². The number of thiol groups is 1. The quantitative estimate of drug-likeness (QED) is 0.508. The van der Waals surface area contributed by atoms with Gasteiger partial charge in [-0.3, -0.25) is 4.79 Å². The summed E-state index contributed by atoms with van der Waals surface area (Å²) < 4.78 is 6.16. The van der Waals surface area contributed by atoms with Crippen molar-refractivity contribution in [1.29, 1.82) is 0 Å². The van der Waals surface area contributed by atoms with E-state index >= 15 is 0 Å². The van der Waals surface area contributed by atoms with Gasteiger partial charge in [0.2, 0.25) is 0 Å². The zero-order valence-electron chi connectivity index (χ0n) is 13.7. The van der Waals surface area contributed by atoms with Gasteiger partial charge in [0, 0.05) is 36.0 Å². The molecule has 2 aliphatic heterocycles. The van der Waals surface area contributed by atoms with Crippen LogP contribution in [-0.4, -0.2) is 49.0 Å². The number of ether oxygens (including phenoxy) is 1. The summed E-state index contributed by atoms with van der Waals surface area (Å²) in [7, 11) is 3.80. The summed E-state index contributed by atoms with van der Waals surface area (Å²) in [6.45, 7) is 1.01. The summed E-state index contributed by atoms with van der Waals surface area (Å²) >= 11 is 10.5. The molecule has 1 aromatic carbocycles. The lowest BCUT2D eigenvalue weighted by molar-refractivity contribution is -0.949. The van der Waals surface area contributed by atoms with Crippen LogP contribution in [0.4, 0.5) is 0 Å². The average Bonchev–Trinajstić information content (AvgIpc) is 2.74. The Kier molecular flexibility index (Phi) is 4.96. The predicted molar refractivity (Wildman–Crippen MR) is 96.0 cm³/mol. The van der Waals surface area contributed by atoms with Crippen LogP contribution in [-0.2, 0) is 9.53 Å². The molecule has 2 bridgehead atoms. The van der Waals surface area contributed by atoms with Gasteiger partial charge in [-0.1, -0.05) is 23.7 Å². The van der Waals surface area contributed by atoms with Crippen molar-refractivity contribution in [3.8, 4) is 0 Å². The highest BCUT2D eigenvalue weighted by atomic mass is 35.5. The van der Waals surface area contributed by atoms with Crippen molar-refractivity contribution in [1.82, 2.24) is 0 Å². The van der Waals surface area contributed by atoms with Crippen LogP contribution in [0.2, 0.25) is 5.02 Å². The number of piperidine rings is 1. The lowest BCUT2D eigenvalue weighted by atomic mass is 9.75. The summed E-state index contributed by atoms with van der Waals surface area (Å²) in [4.78, 5) is 12.6. The molecule has 23 heavy (non-hydrogen) atoms. The van der Waals surface area contributed by atoms with Crippen molar-refractivity contribution in [3.05, 3.63) is 34.9 Å². The van der Waals surface area contributed by atoms with Gasteiger partial charge < -0.3 is 9.22 Å². The first-order valence-corrected chi connectivity index (χ1v) is 9.31. The van der Waals surface area contributed by atoms with Crippen molar-refractivity contribution in [2.75, 3.05) is 26.5 Å². The second kappa shape index (κ2) is 6.66. The van der Waals surface area contributed by atoms with Crippen molar-refractivity contribution in [2.24, 2.45) is 5.92 Å². The summed E-state index contributed by atoms with van der Waals surface area (Å²) in [6.07, 6.45) is 3.31. The van der Waals surface area contributed by atoms with E-state index in [1.165, 1.54) is 19.1 Å². The normalized spacial score (nSPS) is 36.0. The van der Waals surface area contributed by atoms with Gasteiger partial charge in [0.25, 0.3) is 0 Å². The number of nitrogens with zero attached hydrogens (tertiary/aromatic N) is 1. The monoisotopic (exact) mass is 354 g/mol. The number of quaternary nitrogens is 1. The lowest BCUT2D eigenvalue weighted by Gasteiger charge is -2.50. The minimum atomic E-state index is -0.0789. The summed E-state index contributed by atoms with van der Waals surface area (Å²) in [5.41, 5.74) is 1.21. The zero-order valence-corrected chi connectivity index (χ0v) is 15.4. The third-order valence-corrected chi connectivity index (χ3v) is 6.57. The number of methoxy groups -OCH3 is 1. The number of benzene rings is 1. The van der Waals surface area contributed by atoms with E-state index in [9.17, 15) is 4.79 Å². The highest BCUT2D eigenvalue weighted by Crippen LogP contribution is 2.50. The van der Waals surface area contributed by atoms with Crippen LogP contribution in [0.5, 0.6) is 0 Å². The molecule has 1 aromatic rings. The predicted octanol–water partition coefficient (Wildman–Crippen LogP) is 3.52. The van der Waals surface area contributed by atoms with Crippen molar-refractivity contribution >= 4 is 30.2 Å². The van der Waals surface area contributed by atoms with Crippen LogP contribution in [0, 0.1) is 5.92 Å². The molecule has 2 heterocycles. The number of carbonyl (C=O) groups is 1. The Morgan fingerprint density at radius 2 is 2.04 bits per heavy atom. The first-order valence-electron chi connectivity index (χ1n) is 8.30. The van der Waals surface area contributed by atoms with Crippen molar-refractivity contribution in [2.45, 2.75) is 37.3 Å². The molecule has 3 rings (SSSR count). The van der Waals surface area contributed by atoms with Gasteiger partial charge in [0.1, 0.15) is 12.0 Å². The topological polar surface area (TPSA) is 26.3 Å². The van der Waals surface area contributed by atoms with Gasteiger partial charge in [-0.15, -0.1) is 0 Å². The second-order valence-electron chi connectivity index (χ2n) is 7.04. The van der Waals surface area contributed by atoms with Gasteiger partial charge in [0.15, 0.2) is 0 Å². The largest absolute Gasteiger partial charge is 0.469 e. The molecule has 2 aliphatic rings. The van der Waals surface area contributed by atoms with Crippen LogP contribution in [0.1, 0.15) is 30.7 Å². The molecule has 5 heteroatoms. The van der Waals surface area contributed by atoms with Crippen molar-refractivity contribution < 1.29 is 14.0 Å². The van der Waals surface area contributed by atoms with E-state index in [1.807, 2.05) is 12.1 Å². The van der Waals surface area contributed by atoms with Gasteiger partial charge in [-0.25, -0.2) is 0 Å². The number of hydrogen-bond donors (Lipinski definition) is 1. The Hall–Kier alpha value is -0.710. The minimum absolute atomic E-state index is 0.0705. The smallest absolute Gasteiger partial charge is 0.315 e. The molecule has 0 amide bonds. The Labute approximate surface area is 149 Å². The molecule has 0 aliphatic carbocycles. The van der Waals surface area contributed by atoms with Crippen LogP contribution >= 0.6 is 24.2 Å². The second-order valence-corrected chi connectivity index (χ2v) is 7.92. The number of halogens is 1. The maximum atomic E-state index is 12.6. The van der Waals surface area contributed by atoms with E-state index < -0.39 is 0 Å². The molecule has 5 atom stereocenters. The number of rotatable bonds is 4. The molecule has 2 fully saturated rings. The SMILES string of the molecule is COC(=O)[C@@H]1C2CCC(C[C@@H]1c1ccc(Cl)cc1)[N+]2(C)CCS. The third kappa shape index (κ3) is 2.90. The Morgan fingerprint density at radius 1 is 1.35 bits per heavy atom. The standard InChI is InChI=1S/C18H24ClNO2S/c1-20(9-10-23)14-7-8-16(20)17(18(21)22-2)15(11-14)12-3-5-13(19)6-4-12/h3-6,14-17H,7-11H2,1-2H3/p+1/t14?,15-,16?,17+,20?/m1/s1. The molecule has 3 nitrogen and oxygen atoms in total. The van der Waals surface area contributed by atoms with Gasteiger partial charge in [-0.2, -0.15) is 12.6 Å². The number of fused-ring (bicyclic) bond motifs is 2. The molecule has 0 radical (unpaired) electrons. The Balaban J connectivity index is 1.98. The zero-order chi connectivity index (χ0) is 16.6. The van der Waals surface area contributed by atoms with Gasteiger partial charge in [0.05, 0.1) is 26.7 Å². The van der Waals surface area contributed by atoms with E-state index in [1.54, 1.807) is 0 Å². The number of hydrogen-bond acceptors (Lipinski definition) is 3. The molecular formula is C18H25ClNO2S+. The highest BCUT2D eigenvalue weighted by molar-refractivity contribution is 7.80. The van der Waals surface area contributed by atoms with Crippen LogP contribution in [0.25, 0.3) is 0 Å². The van der Waals surface area contributed by atoms with Crippen molar-refractivity contribution in [3.63, 3.8) is 0 Å². The van der Waals surface area contributed by atoms with Gasteiger partial charge >= 0.3 is 5.97 Å². The van der Waals surface area contributed by atoms with Crippen LogP contribution < -0.4 is 0 Å². The first-order chi connectivity index (χ1) is 11.0. The van der Waals surface area contributed by atoms with E-state index in [4.69, 9.17) is 16.3 Å². The molecule has 3 unspecified atom stereocenters. The average molecular weight is 355 g/mol. The van der Waals surface area contributed by atoms with E-state index in [0.29, 0.717) is 12.1 Å². The lowest BCUT2D eigenvalue weighted by Crippen LogP contribution is -2.62. The Morgan fingerprint density at radius 3 is 2.65 bits per heavy atom. The number of esters is 1. The summed E-state index contributed by atoms with van der Waals surface area (Å²) in [5, 5.41) is 0.734. The molecule has 0 aromatic heterocycles. The minimum Gasteiger partial charge on any atom is -0.469 e. The maximum absolute atomic E-state index is 12.6. The summed E-state index contributed by atoms with van der Waals surface area (Å²) in [6, 6.07) is 8.91. The first kappa shape index (κ1) is 17.1. The molecule has 0 saturated carbocycles. The Bertz CT molecular complexity index is 579. The molecule has 126 valence electrons. The van der Waals surface area contributed by atoms with E-state index in [2.05, 4.69) is 31.8 Å². The third-order valence-electron chi connectivity index (χ3n) is 6.11. The molecule has 2 saturated heterocycles. The van der Waals surface area contributed by atoms with E-state index in [-0.39, 0.29) is 17.8 Å². The molecular weight excluding hydrogens is 330 g/mol. The number of carbonyl (C=O) groups excluding carboxylic acids is 1. The molecule has 0 spiro atoms. The van der Waals surface area contributed by atoms with E-state index in [0.717, 1.165) is 34.6 Å². The fourth-order valence-electron chi connectivity index (χ4n) is 4.91. The highest BCUT2D eigenvalue weighted by Gasteiger charge is 2.59. The summed E-state index contributed by atoms with van der Waals surface area (Å²) in [5.74, 6) is 0.926. The fraction of sp³-hybridized carbons (Fsp3) is 0.611.